The summed E-state index contributed by atoms with van der Waals surface area (Å²) >= 11 is 8.91. The monoisotopic (exact) mass is 331 g/mol. The highest BCUT2D eigenvalue weighted by Crippen LogP contribution is 2.32. The topological polar surface area (TPSA) is 68.0 Å². The second-order valence-electron chi connectivity index (χ2n) is 4.15. The average Bonchev–Trinajstić information content (AvgIpc) is 2.89. The molecule has 2 aromatic rings. The minimum absolute atomic E-state index is 0.291. The van der Waals surface area contributed by atoms with Crippen LogP contribution in [0.4, 0.5) is 0 Å². The maximum absolute atomic E-state index is 11.0. The molecule has 0 spiro atoms. The van der Waals surface area contributed by atoms with Gasteiger partial charge in [-0.2, -0.15) is 5.10 Å². The molecule has 0 unspecified atom stereocenters. The molecule has 0 fully saturated rings. The Labute approximate surface area is 130 Å². The van der Waals surface area contributed by atoms with Gasteiger partial charge >= 0.3 is 5.97 Å². The molecule has 8 heteroatoms. The van der Waals surface area contributed by atoms with Crippen LogP contribution in [0.3, 0.4) is 0 Å². The zero-order chi connectivity index (χ0) is 14.9. The number of thiazole rings is 1. The summed E-state index contributed by atoms with van der Waals surface area (Å²) < 4.78 is 2.60. The standard InChI is InChI=1S/C12H14ClN3O2S2/c1-4-16-8(9(13)6(2)15-16)5-19-12-14-7(3)10(20-12)11(17)18/h4-5H2,1-3H3,(H,17,18). The Balaban J connectivity index is 2.17. The first kappa shape index (κ1) is 15.3. The van der Waals surface area contributed by atoms with Gasteiger partial charge in [0.05, 0.1) is 22.1 Å². The molecule has 0 radical (unpaired) electrons. The summed E-state index contributed by atoms with van der Waals surface area (Å²) in [5.41, 5.74) is 2.31. The Morgan fingerprint density at radius 3 is 2.70 bits per heavy atom. The Morgan fingerprint density at radius 1 is 1.45 bits per heavy atom. The molecule has 2 aromatic heterocycles. The molecule has 1 N–H and O–H groups in total. The van der Waals surface area contributed by atoms with Crippen molar-refractivity contribution in [1.29, 1.82) is 0 Å². The van der Waals surface area contributed by atoms with Gasteiger partial charge in [0, 0.05) is 12.3 Å². The van der Waals surface area contributed by atoms with E-state index in [0.29, 0.717) is 21.3 Å². The van der Waals surface area contributed by atoms with E-state index >= 15 is 0 Å². The van der Waals surface area contributed by atoms with Crippen LogP contribution in [0.25, 0.3) is 0 Å². The third-order valence-corrected chi connectivity index (χ3v) is 5.55. The fourth-order valence-electron chi connectivity index (χ4n) is 1.77. The lowest BCUT2D eigenvalue weighted by Gasteiger charge is -2.03. The van der Waals surface area contributed by atoms with E-state index in [-0.39, 0.29) is 0 Å². The molecule has 2 heterocycles. The number of hydrogen-bond donors (Lipinski definition) is 1. The lowest BCUT2D eigenvalue weighted by Crippen LogP contribution is -2.01. The molecule has 0 amide bonds. The number of carbonyl (C=O) groups is 1. The van der Waals surface area contributed by atoms with E-state index in [9.17, 15) is 4.79 Å². The Morgan fingerprint density at radius 2 is 2.15 bits per heavy atom. The van der Waals surface area contributed by atoms with Crippen LogP contribution in [0.15, 0.2) is 4.34 Å². The van der Waals surface area contributed by atoms with Crippen molar-refractivity contribution in [3.05, 3.63) is 27.0 Å². The predicted octanol–water partition coefficient (Wildman–Crippen LogP) is 3.62. The van der Waals surface area contributed by atoms with Gasteiger partial charge in [-0.1, -0.05) is 23.4 Å². The molecule has 0 aliphatic heterocycles. The summed E-state index contributed by atoms with van der Waals surface area (Å²) in [5.74, 6) is -0.307. The maximum Gasteiger partial charge on any atom is 0.347 e. The second-order valence-corrected chi connectivity index (χ2v) is 6.75. The van der Waals surface area contributed by atoms with Gasteiger partial charge in [0.2, 0.25) is 0 Å². The van der Waals surface area contributed by atoms with Crippen LogP contribution in [0.1, 0.15) is 33.7 Å². The number of aromatic carboxylic acids is 1. The van der Waals surface area contributed by atoms with Gasteiger partial charge in [0.25, 0.3) is 0 Å². The first-order valence-corrected chi connectivity index (χ1v) is 8.17. The smallest absolute Gasteiger partial charge is 0.347 e. The number of thioether (sulfide) groups is 1. The van der Waals surface area contributed by atoms with Crippen LogP contribution in [0.5, 0.6) is 0 Å². The second kappa shape index (κ2) is 6.15. The number of carboxylic acid groups (broad SMARTS) is 1. The summed E-state index contributed by atoms with van der Waals surface area (Å²) in [6.07, 6.45) is 0. The highest BCUT2D eigenvalue weighted by molar-refractivity contribution is 8.00. The molecule has 0 aliphatic rings. The normalized spacial score (nSPS) is 11.0. The SMILES string of the molecule is CCn1nc(C)c(Cl)c1CSc1nc(C)c(C(=O)O)s1. The lowest BCUT2D eigenvalue weighted by atomic mass is 10.4. The third-order valence-electron chi connectivity index (χ3n) is 2.76. The van der Waals surface area contributed by atoms with Crippen molar-refractivity contribution in [3.8, 4) is 0 Å². The van der Waals surface area contributed by atoms with E-state index in [4.69, 9.17) is 16.7 Å². The van der Waals surface area contributed by atoms with Crippen LogP contribution >= 0.6 is 34.7 Å². The van der Waals surface area contributed by atoms with Crippen LogP contribution in [0.2, 0.25) is 5.02 Å². The zero-order valence-electron chi connectivity index (χ0n) is 11.3. The minimum atomic E-state index is -0.931. The van der Waals surface area contributed by atoms with Crippen LogP contribution < -0.4 is 0 Å². The van der Waals surface area contributed by atoms with Crippen LogP contribution in [-0.4, -0.2) is 25.8 Å². The van der Waals surface area contributed by atoms with Crippen LogP contribution in [-0.2, 0) is 12.3 Å². The van der Waals surface area contributed by atoms with Crippen molar-refractivity contribution in [2.24, 2.45) is 0 Å². The van der Waals surface area contributed by atoms with Crippen molar-refractivity contribution >= 4 is 40.7 Å². The van der Waals surface area contributed by atoms with E-state index in [2.05, 4.69) is 10.1 Å². The number of hydrogen-bond acceptors (Lipinski definition) is 5. The van der Waals surface area contributed by atoms with Gasteiger partial charge < -0.3 is 5.11 Å². The van der Waals surface area contributed by atoms with Crippen molar-refractivity contribution in [3.63, 3.8) is 0 Å². The molecule has 0 bridgehead atoms. The number of carboxylic acids is 1. The molecule has 0 atom stereocenters. The van der Waals surface area contributed by atoms with Gasteiger partial charge in [0.1, 0.15) is 4.88 Å². The Hall–Kier alpha value is -1.05. The fourth-order valence-corrected chi connectivity index (χ4v) is 4.11. The summed E-state index contributed by atoms with van der Waals surface area (Å²) in [6, 6.07) is 0. The quantitative estimate of drug-likeness (QED) is 0.847. The van der Waals surface area contributed by atoms with Crippen molar-refractivity contribution in [1.82, 2.24) is 14.8 Å². The summed E-state index contributed by atoms with van der Waals surface area (Å²) in [4.78, 5) is 15.6. The van der Waals surface area contributed by atoms with Crippen molar-refractivity contribution in [2.75, 3.05) is 0 Å². The van der Waals surface area contributed by atoms with E-state index in [1.807, 2.05) is 18.5 Å². The predicted molar refractivity (Wildman–Crippen MR) is 81.0 cm³/mol. The van der Waals surface area contributed by atoms with E-state index < -0.39 is 5.97 Å². The number of halogens is 1. The van der Waals surface area contributed by atoms with Crippen molar-refractivity contribution in [2.45, 2.75) is 37.4 Å². The molecule has 0 aliphatic carbocycles. The number of aromatic nitrogens is 3. The Bertz CT molecular complexity index is 651. The molecular weight excluding hydrogens is 318 g/mol. The van der Waals surface area contributed by atoms with E-state index in [1.54, 1.807) is 6.92 Å². The molecule has 20 heavy (non-hydrogen) atoms. The van der Waals surface area contributed by atoms with Crippen molar-refractivity contribution < 1.29 is 9.90 Å². The van der Waals surface area contributed by atoms with Gasteiger partial charge in [-0.3, -0.25) is 4.68 Å². The highest BCUT2D eigenvalue weighted by atomic mass is 35.5. The lowest BCUT2D eigenvalue weighted by molar-refractivity contribution is 0.0701. The summed E-state index contributed by atoms with van der Waals surface area (Å²) in [6.45, 7) is 6.34. The first-order chi connectivity index (χ1) is 9.43. The summed E-state index contributed by atoms with van der Waals surface area (Å²) in [5, 5.41) is 14.0. The van der Waals surface area contributed by atoms with Gasteiger partial charge in [-0.15, -0.1) is 11.3 Å². The number of nitrogens with zero attached hydrogens (tertiary/aromatic N) is 3. The third kappa shape index (κ3) is 2.99. The highest BCUT2D eigenvalue weighted by Gasteiger charge is 2.17. The molecule has 0 saturated heterocycles. The largest absolute Gasteiger partial charge is 0.477 e. The molecule has 108 valence electrons. The minimum Gasteiger partial charge on any atom is -0.477 e. The summed E-state index contributed by atoms with van der Waals surface area (Å²) in [7, 11) is 0. The van der Waals surface area contributed by atoms with Gasteiger partial charge in [-0.05, 0) is 20.8 Å². The zero-order valence-corrected chi connectivity index (χ0v) is 13.7. The number of aryl methyl sites for hydroxylation is 3. The molecular formula is C12H14ClN3O2S2. The molecule has 5 nitrogen and oxygen atoms in total. The Kier molecular flexibility index (Phi) is 4.72. The van der Waals surface area contributed by atoms with Crippen LogP contribution in [0, 0.1) is 13.8 Å². The van der Waals surface area contributed by atoms with Gasteiger partial charge in [-0.25, -0.2) is 9.78 Å². The molecule has 0 aromatic carbocycles. The number of rotatable bonds is 5. The van der Waals surface area contributed by atoms with E-state index in [1.165, 1.54) is 23.1 Å². The first-order valence-electron chi connectivity index (χ1n) is 5.99. The maximum atomic E-state index is 11.0. The molecule has 2 rings (SSSR count). The average molecular weight is 332 g/mol. The van der Waals surface area contributed by atoms with Gasteiger partial charge in [0.15, 0.2) is 4.34 Å². The van der Waals surface area contributed by atoms with E-state index in [0.717, 1.165) is 22.3 Å². The fraction of sp³-hybridized carbons (Fsp3) is 0.417. The molecule has 0 saturated carbocycles.